The summed E-state index contributed by atoms with van der Waals surface area (Å²) in [6, 6.07) is 4.27. The van der Waals surface area contributed by atoms with Crippen LogP contribution in [0, 0.1) is 5.92 Å². The quantitative estimate of drug-likeness (QED) is 0.650. The standard InChI is InChI=1S/C26H41N3O5S/c1-18(2)7-11-28-12-8-26(9-13-28)10-14-34-23-15-20(19(3)4)5-6-24(23)35(32,33)29-17-21(30)16-22(29)25(31)27-26/h5-6,15,18-19,21-22,30H,7-14,16-17H2,1-4H3,(H,27,31)/t21-,22+/m1/s1. The van der Waals surface area contributed by atoms with E-state index in [1.54, 1.807) is 12.1 Å². The lowest BCUT2D eigenvalue weighted by atomic mass is 9.84. The largest absolute Gasteiger partial charge is 0.492 e. The molecule has 2 fully saturated rings. The molecule has 0 aliphatic carbocycles. The van der Waals surface area contributed by atoms with E-state index in [4.69, 9.17) is 4.74 Å². The van der Waals surface area contributed by atoms with Gasteiger partial charge < -0.3 is 20.1 Å². The molecule has 2 N–H and O–H groups in total. The van der Waals surface area contributed by atoms with Gasteiger partial charge in [0.2, 0.25) is 15.9 Å². The molecule has 3 heterocycles. The molecule has 4 rings (SSSR count). The Kier molecular flexibility index (Phi) is 7.81. The lowest BCUT2D eigenvalue weighted by molar-refractivity contribution is -0.127. The first-order valence-electron chi connectivity index (χ1n) is 13.0. The number of aliphatic hydroxyl groups excluding tert-OH is 1. The van der Waals surface area contributed by atoms with E-state index in [9.17, 15) is 18.3 Å². The van der Waals surface area contributed by atoms with E-state index in [1.807, 2.05) is 6.07 Å². The molecule has 1 aromatic rings. The normalized spacial score (nSPS) is 27.2. The summed E-state index contributed by atoms with van der Waals surface area (Å²) < 4.78 is 34.7. The van der Waals surface area contributed by atoms with Crippen molar-refractivity contribution in [3.05, 3.63) is 23.8 Å². The summed E-state index contributed by atoms with van der Waals surface area (Å²) in [4.78, 5) is 16.0. The lowest BCUT2D eigenvalue weighted by Gasteiger charge is -2.43. The van der Waals surface area contributed by atoms with E-state index >= 15 is 0 Å². The Morgan fingerprint density at radius 1 is 1.17 bits per heavy atom. The Morgan fingerprint density at radius 3 is 2.54 bits per heavy atom. The number of carbonyl (C=O) groups is 1. The Balaban J connectivity index is 1.65. The van der Waals surface area contributed by atoms with Crippen molar-refractivity contribution in [1.82, 2.24) is 14.5 Å². The first kappa shape index (κ1) is 26.4. The number of ether oxygens (including phenoxy) is 1. The molecule has 1 spiro atoms. The van der Waals surface area contributed by atoms with Gasteiger partial charge in [-0.25, -0.2) is 8.42 Å². The van der Waals surface area contributed by atoms with Crippen molar-refractivity contribution in [2.45, 2.75) is 88.3 Å². The zero-order valence-corrected chi connectivity index (χ0v) is 22.3. The van der Waals surface area contributed by atoms with Gasteiger partial charge in [-0.05, 0) is 55.3 Å². The number of piperidine rings is 1. The van der Waals surface area contributed by atoms with Gasteiger partial charge in [0.15, 0.2) is 0 Å². The number of carbonyl (C=O) groups excluding carboxylic acids is 1. The molecular weight excluding hydrogens is 466 g/mol. The molecule has 196 valence electrons. The average molecular weight is 508 g/mol. The summed E-state index contributed by atoms with van der Waals surface area (Å²) in [5.41, 5.74) is 0.545. The SMILES string of the molecule is CC(C)CCN1CCC2(CCOc3cc(C(C)C)ccc3S(=O)(=O)N3C[C@H](O)C[C@H]3C(=O)N2)CC1. The molecule has 35 heavy (non-hydrogen) atoms. The molecule has 0 aromatic heterocycles. The van der Waals surface area contributed by atoms with Crippen molar-refractivity contribution in [2.24, 2.45) is 5.92 Å². The van der Waals surface area contributed by atoms with Crippen LogP contribution in [0.4, 0.5) is 0 Å². The Bertz CT molecular complexity index is 1020. The highest BCUT2D eigenvalue weighted by Gasteiger charge is 2.47. The maximum atomic E-state index is 13.7. The van der Waals surface area contributed by atoms with Gasteiger partial charge in [0.05, 0.1) is 12.7 Å². The lowest BCUT2D eigenvalue weighted by Crippen LogP contribution is -2.59. The van der Waals surface area contributed by atoms with Crippen LogP contribution in [0.25, 0.3) is 0 Å². The molecule has 0 bridgehead atoms. The van der Waals surface area contributed by atoms with E-state index < -0.39 is 27.7 Å². The maximum absolute atomic E-state index is 13.7. The zero-order valence-electron chi connectivity index (χ0n) is 21.5. The van der Waals surface area contributed by atoms with Crippen molar-refractivity contribution in [3.8, 4) is 5.75 Å². The van der Waals surface area contributed by atoms with Crippen molar-refractivity contribution < 1.29 is 23.1 Å². The molecule has 1 amide bonds. The number of hydrogen-bond acceptors (Lipinski definition) is 6. The van der Waals surface area contributed by atoms with Crippen molar-refractivity contribution in [3.63, 3.8) is 0 Å². The molecule has 2 atom stereocenters. The van der Waals surface area contributed by atoms with E-state index in [0.717, 1.165) is 44.5 Å². The molecule has 8 nitrogen and oxygen atoms in total. The number of rotatable bonds is 4. The number of nitrogens with one attached hydrogen (secondary N) is 1. The van der Waals surface area contributed by atoms with E-state index in [-0.39, 0.29) is 29.7 Å². The van der Waals surface area contributed by atoms with Crippen LogP contribution in [-0.2, 0) is 14.8 Å². The van der Waals surface area contributed by atoms with Crippen LogP contribution < -0.4 is 10.1 Å². The van der Waals surface area contributed by atoms with Gasteiger partial charge in [0.1, 0.15) is 16.7 Å². The van der Waals surface area contributed by atoms with Gasteiger partial charge >= 0.3 is 0 Å². The highest BCUT2D eigenvalue weighted by Crippen LogP contribution is 2.36. The number of likely N-dealkylation sites (tertiary alicyclic amines) is 1. The molecule has 0 radical (unpaired) electrons. The number of aliphatic hydroxyl groups is 1. The minimum absolute atomic E-state index is 0.0632. The zero-order chi connectivity index (χ0) is 25.4. The van der Waals surface area contributed by atoms with Crippen LogP contribution in [0.5, 0.6) is 5.75 Å². The van der Waals surface area contributed by atoms with Gasteiger partial charge in [0.25, 0.3) is 0 Å². The summed E-state index contributed by atoms with van der Waals surface area (Å²) in [5.74, 6) is 0.878. The number of benzene rings is 1. The predicted octanol–water partition coefficient (Wildman–Crippen LogP) is 2.71. The highest BCUT2D eigenvalue weighted by atomic mass is 32.2. The third kappa shape index (κ3) is 5.68. The van der Waals surface area contributed by atoms with Crippen LogP contribution in [0.15, 0.2) is 23.1 Å². The Hall–Kier alpha value is -1.68. The smallest absolute Gasteiger partial charge is 0.247 e. The molecule has 3 aliphatic rings. The summed E-state index contributed by atoms with van der Waals surface area (Å²) in [6.07, 6.45) is 2.56. The van der Waals surface area contributed by atoms with E-state index in [2.05, 4.69) is 37.9 Å². The molecule has 2 saturated heterocycles. The Morgan fingerprint density at radius 2 is 1.89 bits per heavy atom. The third-order valence-electron chi connectivity index (χ3n) is 7.82. The van der Waals surface area contributed by atoms with Gasteiger partial charge in [-0.2, -0.15) is 4.31 Å². The molecule has 0 saturated carbocycles. The van der Waals surface area contributed by atoms with Crippen molar-refractivity contribution in [1.29, 1.82) is 0 Å². The topological polar surface area (TPSA) is 99.2 Å². The second kappa shape index (κ2) is 10.4. The van der Waals surface area contributed by atoms with Crippen LogP contribution in [-0.4, -0.2) is 79.1 Å². The fourth-order valence-corrected chi connectivity index (χ4v) is 7.16. The molecule has 3 aliphatic heterocycles. The fourth-order valence-electron chi connectivity index (χ4n) is 5.41. The Labute approximate surface area is 210 Å². The minimum Gasteiger partial charge on any atom is -0.492 e. The van der Waals surface area contributed by atoms with E-state index in [1.165, 1.54) is 4.31 Å². The van der Waals surface area contributed by atoms with Crippen molar-refractivity contribution in [2.75, 3.05) is 32.8 Å². The molecule has 0 unspecified atom stereocenters. The monoisotopic (exact) mass is 507 g/mol. The predicted molar refractivity (Wildman–Crippen MR) is 135 cm³/mol. The number of amides is 1. The second-order valence-electron chi connectivity index (χ2n) is 11.2. The number of sulfonamides is 1. The van der Waals surface area contributed by atoms with Crippen LogP contribution in [0.2, 0.25) is 0 Å². The van der Waals surface area contributed by atoms with Gasteiger partial charge in [-0.3, -0.25) is 4.79 Å². The first-order chi connectivity index (χ1) is 16.5. The van der Waals surface area contributed by atoms with Crippen LogP contribution in [0.3, 0.4) is 0 Å². The molecular formula is C26H41N3O5S. The van der Waals surface area contributed by atoms with Crippen molar-refractivity contribution >= 4 is 15.9 Å². The minimum atomic E-state index is -4.03. The number of fused-ring (bicyclic) bond motifs is 2. The van der Waals surface area contributed by atoms with Gasteiger partial charge in [-0.1, -0.05) is 33.8 Å². The summed E-state index contributed by atoms with van der Waals surface area (Å²) >= 11 is 0. The maximum Gasteiger partial charge on any atom is 0.247 e. The third-order valence-corrected chi connectivity index (χ3v) is 9.73. The summed E-state index contributed by atoms with van der Waals surface area (Å²) in [6.45, 7) is 11.6. The second-order valence-corrected chi connectivity index (χ2v) is 13.1. The highest BCUT2D eigenvalue weighted by molar-refractivity contribution is 7.89. The van der Waals surface area contributed by atoms with Crippen LogP contribution in [0.1, 0.15) is 71.3 Å². The van der Waals surface area contributed by atoms with Gasteiger partial charge in [-0.15, -0.1) is 0 Å². The average Bonchev–Trinajstić information content (AvgIpc) is 3.20. The van der Waals surface area contributed by atoms with E-state index in [0.29, 0.717) is 24.7 Å². The summed E-state index contributed by atoms with van der Waals surface area (Å²) in [7, 11) is -4.03. The summed E-state index contributed by atoms with van der Waals surface area (Å²) in [5, 5.41) is 13.6. The van der Waals surface area contributed by atoms with Gasteiger partial charge in [0, 0.05) is 38.0 Å². The van der Waals surface area contributed by atoms with Crippen LogP contribution >= 0.6 is 0 Å². The molecule has 1 aromatic carbocycles. The fraction of sp³-hybridized carbons (Fsp3) is 0.731. The molecule has 9 heteroatoms. The number of hydrogen-bond donors (Lipinski definition) is 2. The first-order valence-corrected chi connectivity index (χ1v) is 14.5. The number of nitrogens with zero attached hydrogens (tertiary/aromatic N) is 2.